The van der Waals surface area contributed by atoms with Crippen LogP contribution in [0.3, 0.4) is 0 Å². The predicted octanol–water partition coefficient (Wildman–Crippen LogP) is 2.94. The van der Waals surface area contributed by atoms with Gasteiger partial charge >= 0.3 is 5.97 Å². The summed E-state index contributed by atoms with van der Waals surface area (Å²) >= 11 is 1.14. The standard InChI is InChI=1S/C20H14N4O4S/c25-13(26)10-22-20(28)17-18(27)14-15(11-6-2-1-3-7-11)24-29-19(14)16(23-17)12-8-4-5-9-21-12/h1-9,27H,10H2,(H,22,28)(H,25,26). The number of rotatable bonds is 5. The van der Waals surface area contributed by atoms with Gasteiger partial charge in [-0.25, -0.2) is 4.98 Å². The fourth-order valence-corrected chi connectivity index (χ4v) is 3.77. The van der Waals surface area contributed by atoms with Crippen molar-refractivity contribution >= 4 is 33.5 Å². The number of nitrogens with zero attached hydrogens (tertiary/aromatic N) is 3. The molecular formula is C20H14N4O4S. The lowest BCUT2D eigenvalue weighted by Crippen LogP contribution is -2.30. The summed E-state index contributed by atoms with van der Waals surface area (Å²) in [6, 6.07) is 14.5. The minimum Gasteiger partial charge on any atom is -0.505 e. The quantitative estimate of drug-likeness (QED) is 0.465. The van der Waals surface area contributed by atoms with Crippen LogP contribution in [-0.4, -0.2) is 43.0 Å². The number of benzene rings is 1. The van der Waals surface area contributed by atoms with E-state index in [1.54, 1.807) is 24.4 Å². The number of nitrogens with one attached hydrogen (secondary N) is 1. The van der Waals surface area contributed by atoms with E-state index in [-0.39, 0.29) is 11.4 Å². The summed E-state index contributed by atoms with van der Waals surface area (Å²) < 4.78 is 5.05. The van der Waals surface area contributed by atoms with Gasteiger partial charge in [0.25, 0.3) is 5.91 Å². The highest BCUT2D eigenvalue weighted by molar-refractivity contribution is 7.14. The molecule has 4 aromatic rings. The summed E-state index contributed by atoms with van der Waals surface area (Å²) in [5, 5.41) is 22.3. The van der Waals surface area contributed by atoms with E-state index in [4.69, 9.17) is 5.11 Å². The fraction of sp³-hybridized carbons (Fsp3) is 0.0500. The average Bonchev–Trinajstić information content (AvgIpc) is 3.19. The smallest absolute Gasteiger partial charge is 0.322 e. The number of carboxylic acids is 1. The second-order valence-corrected chi connectivity index (χ2v) is 6.82. The van der Waals surface area contributed by atoms with E-state index >= 15 is 0 Å². The molecule has 3 N–H and O–H groups in total. The summed E-state index contributed by atoms with van der Waals surface area (Å²) in [5.41, 5.74) is 1.89. The van der Waals surface area contributed by atoms with Crippen molar-refractivity contribution in [3.63, 3.8) is 0 Å². The van der Waals surface area contributed by atoms with Gasteiger partial charge in [-0.2, -0.15) is 4.37 Å². The number of aromatic nitrogens is 3. The van der Waals surface area contributed by atoms with E-state index in [0.29, 0.717) is 27.2 Å². The van der Waals surface area contributed by atoms with Crippen molar-refractivity contribution in [3.8, 4) is 28.4 Å². The number of hydrogen-bond donors (Lipinski definition) is 3. The van der Waals surface area contributed by atoms with Crippen molar-refractivity contribution < 1.29 is 19.8 Å². The van der Waals surface area contributed by atoms with E-state index < -0.39 is 18.4 Å². The van der Waals surface area contributed by atoms with E-state index in [9.17, 15) is 14.7 Å². The Morgan fingerprint density at radius 1 is 1.03 bits per heavy atom. The van der Waals surface area contributed by atoms with Crippen molar-refractivity contribution in [1.29, 1.82) is 0 Å². The van der Waals surface area contributed by atoms with Crippen LogP contribution in [0.15, 0.2) is 54.7 Å². The van der Waals surface area contributed by atoms with Crippen LogP contribution in [0.1, 0.15) is 10.5 Å². The van der Waals surface area contributed by atoms with Crippen molar-refractivity contribution in [2.45, 2.75) is 0 Å². The molecule has 29 heavy (non-hydrogen) atoms. The van der Waals surface area contributed by atoms with Gasteiger partial charge in [-0.05, 0) is 23.7 Å². The molecule has 0 atom stereocenters. The third-order valence-corrected chi connectivity index (χ3v) is 5.02. The summed E-state index contributed by atoms with van der Waals surface area (Å²) in [4.78, 5) is 31.9. The van der Waals surface area contributed by atoms with Gasteiger partial charge < -0.3 is 15.5 Å². The average molecular weight is 406 g/mol. The fourth-order valence-electron chi connectivity index (χ4n) is 2.87. The molecule has 0 radical (unpaired) electrons. The molecule has 3 heterocycles. The van der Waals surface area contributed by atoms with Gasteiger partial charge in [0, 0.05) is 11.8 Å². The van der Waals surface area contributed by atoms with Gasteiger partial charge in [0.15, 0.2) is 11.4 Å². The number of aromatic hydroxyl groups is 1. The Balaban J connectivity index is 1.97. The Hall–Kier alpha value is -3.85. The van der Waals surface area contributed by atoms with Crippen LogP contribution in [0.4, 0.5) is 0 Å². The number of aliphatic carboxylic acids is 1. The van der Waals surface area contributed by atoms with Gasteiger partial charge in [0.05, 0.1) is 21.5 Å². The first-order valence-electron chi connectivity index (χ1n) is 8.55. The molecule has 0 unspecified atom stereocenters. The maximum absolute atomic E-state index is 12.5. The molecule has 0 saturated carbocycles. The minimum absolute atomic E-state index is 0.281. The molecule has 9 heteroatoms. The molecule has 0 aliphatic heterocycles. The van der Waals surface area contributed by atoms with Gasteiger partial charge in [-0.1, -0.05) is 36.4 Å². The van der Waals surface area contributed by atoms with E-state index in [1.165, 1.54) is 0 Å². The second-order valence-electron chi connectivity index (χ2n) is 6.05. The number of amides is 1. The molecule has 0 fully saturated rings. The number of carbonyl (C=O) groups excluding carboxylic acids is 1. The van der Waals surface area contributed by atoms with Crippen molar-refractivity contribution in [2.24, 2.45) is 0 Å². The molecule has 144 valence electrons. The minimum atomic E-state index is -1.20. The summed E-state index contributed by atoms with van der Waals surface area (Å²) in [5.74, 6) is -2.35. The normalized spacial score (nSPS) is 10.8. The molecule has 1 amide bonds. The van der Waals surface area contributed by atoms with Crippen molar-refractivity contribution in [1.82, 2.24) is 19.7 Å². The second kappa shape index (κ2) is 7.64. The SMILES string of the molecule is O=C(O)CNC(=O)c1nc(-c2ccccn2)c2snc(-c3ccccc3)c2c1O. The monoisotopic (exact) mass is 406 g/mol. The molecule has 0 spiro atoms. The summed E-state index contributed by atoms with van der Waals surface area (Å²) in [7, 11) is 0. The Morgan fingerprint density at radius 2 is 1.79 bits per heavy atom. The largest absolute Gasteiger partial charge is 0.505 e. The number of pyridine rings is 2. The highest BCUT2D eigenvalue weighted by atomic mass is 32.1. The zero-order valence-electron chi connectivity index (χ0n) is 14.9. The third-order valence-electron chi connectivity index (χ3n) is 4.16. The Morgan fingerprint density at radius 3 is 2.48 bits per heavy atom. The molecule has 1 aromatic carbocycles. The van der Waals surface area contributed by atoms with Gasteiger partial charge in [-0.15, -0.1) is 0 Å². The van der Waals surface area contributed by atoms with Gasteiger partial charge in [-0.3, -0.25) is 14.6 Å². The van der Waals surface area contributed by atoms with E-state index in [1.807, 2.05) is 30.3 Å². The zero-order chi connectivity index (χ0) is 20.4. The predicted molar refractivity (Wildman–Crippen MR) is 108 cm³/mol. The molecule has 0 saturated heterocycles. The van der Waals surface area contributed by atoms with Crippen molar-refractivity contribution in [2.75, 3.05) is 6.54 Å². The van der Waals surface area contributed by atoms with Crippen LogP contribution >= 0.6 is 11.5 Å². The first-order chi connectivity index (χ1) is 14.1. The van der Waals surface area contributed by atoms with E-state index in [0.717, 1.165) is 17.1 Å². The number of hydrogen-bond acceptors (Lipinski definition) is 7. The van der Waals surface area contributed by atoms with Crippen LogP contribution in [0.2, 0.25) is 0 Å². The Bertz CT molecular complexity index is 1210. The molecule has 4 rings (SSSR count). The molecular weight excluding hydrogens is 392 g/mol. The lowest BCUT2D eigenvalue weighted by molar-refractivity contribution is -0.135. The summed E-state index contributed by atoms with van der Waals surface area (Å²) in [6.45, 7) is -0.593. The van der Waals surface area contributed by atoms with Gasteiger partial charge in [0.1, 0.15) is 12.2 Å². The highest BCUT2D eigenvalue weighted by Gasteiger charge is 2.25. The summed E-state index contributed by atoms with van der Waals surface area (Å²) in [6.07, 6.45) is 1.60. The molecule has 8 nitrogen and oxygen atoms in total. The zero-order valence-corrected chi connectivity index (χ0v) is 15.7. The number of carboxylic acid groups (broad SMARTS) is 1. The maximum Gasteiger partial charge on any atom is 0.322 e. The topological polar surface area (TPSA) is 125 Å². The van der Waals surface area contributed by atoms with Crippen LogP contribution in [0.5, 0.6) is 5.75 Å². The molecule has 0 aliphatic carbocycles. The Labute approximate surface area is 168 Å². The lowest BCUT2D eigenvalue weighted by Gasteiger charge is -2.10. The first-order valence-corrected chi connectivity index (χ1v) is 9.32. The molecule has 0 aliphatic rings. The van der Waals surface area contributed by atoms with Crippen LogP contribution in [-0.2, 0) is 4.79 Å². The molecule has 3 aromatic heterocycles. The first kappa shape index (κ1) is 18.5. The third kappa shape index (κ3) is 3.50. The van der Waals surface area contributed by atoms with Crippen molar-refractivity contribution in [3.05, 3.63) is 60.4 Å². The van der Waals surface area contributed by atoms with Crippen LogP contribution in [0, 0.1) is 0 Å². The maximum atomic E-state index is 12.5. The van der Waals surface area contributed by atoms with E-state index in [2.05, 4.69) is 19.7 Å². The van der Waals surface area contributed by atoms with Gasteiger partial charge in [0.2, 0.25) is 0 Å². The van der Waals surface area contributed by atoms with Crippen LogP contribution in [0.25, 0.3) is 32.7 Å². The highest BCUT2D eigenvalue weighted by Crippen LogP contribution is 2.42. The van der Waals surface area contributed by atoms with Crippen LogP contribution < -0.4 is 5.32 Å². The number of carbonyl (C=O) groups is 2. The molecule has 0 bridgehead atoms. The number of fused-ring (bicyclic) bond motifs is 1. The Kier molecular flexibility index (Phi) is 4.88. The lowest BCUT2D eigenvalue weighted by atomic mass is 10.0.